The molecule has 1 aromatic heterocycles. The van der Waals surface area contributed by atoms with Crippen LogP contribution < -0.4 is 5.73 Å². The molecule has 0 aliphatic heterocycles. The molecule has 1 aromatic carbocycles. The molecule has 0 radical (unpaired) electrons. The molecule has 0 aliphatic carbocycles. The molecule has 104 valence electrons. The van der Waals surface area contributed by atoms with Crippen LogP contribution in [0.5, 0.6) is 0 Å². The van der Waals surface area contributed by atoms with E-state index in [1.165, 1.54) is 16.5 Å². The third kappa shape index (κ3) is 3.58. The van der Waals surface area contributed by atoms with Gasteiger partial charge in [-0.1, -0.05) is 18.2 Å². The highest BCUT2D eigenvalue weighted by Gasteiger charge is 2.13. The third-order valence-electron chi connectivity index (χ3n) is 3.56. The summed E-state index contributed by atoms with van der Waals surface area (Å²) in [5.74, 6) is 0. The van der Waals surface area contributed by atoms with E-state index >= 15 is 0 Å². The smallest absolute Gasteiger partial charge is 0.0481 e. The fourth-order valence-corrected chi connectivity index (χ4v) is 2.40. The van der Waals surface area contributed by atoms with Gasteiger partial charge in [-0.15, -0.1) is 0 Å². The Balaban J connectivity index is 2.09. The first-order valence-corrected chi connectivity index (χ1v) is 6.87. The van der Waals surface area contributed by atoms with E-state index in [1.807, 2.05) is 0 Å². The summed E-state index contributed by atoms with van der Waals surface area (Å²) in [7, 11) is 4.27. The number of fused-ring (bicyclic) bond motifs is 1. The summed E-state index contributed by atoms with van der Waals surface area (Å²) in [5.41, 5.74) is 8.63. The van der Waals surface area contributed by atoms with Gasteiger partial charge in [-0.2, -0.15) is 0 Å². The van der Waals surface area contributed by atoms with Crippen molar-refractivity contribution in [3.05, 3.63) is 36.0 Å². The lowest BCUT2D eigenvalue weighted by Gasteiger charge is -2.23. The molecular weight excluding hydrogens is 234 g/mol. The Morgan fingerprint density at radius 3 is 2.63 bits per heavy atom. The van der Waals surface area contributed by atoms with E-state index < -0.39 is 0 Å². The van der Waals surface area contributed by atoms with E-state index in [1.54, 1.807) is 0 Å². The number of nitrogens with two attached hydrogens (primary N) is 1. The molecule has 0 amide bonds. The molecule has 0 spiro atoms. The normalized spacial score (nSPS) is 12.5. The van der Waals surface area contributed by atoms with Gasteiger partial charge < -0.3 is 15.2 Å². The summed E-state index contributed by atoms with van der Waals surface area (Å²) >= 11 is 0. The van der Waals surface area contributed by atoms with Gasteiger partial charge in [0, 0.05) is 36.2 Å². The number of nitrogens with zero attached hydrogens (tertiary/aromatic N) is 2. The molecule has 0 unspecified atom stereocenters. The lowest BCUT2D eigenvalue weighted by molar-refractivity contribution is 0.290. The van der Waals surface area contributed by atoms with Crippen LogP contribution in [0.1, 0.15) is 25.8 Å². The summed E-state index contributed by atoms with van der Waals surface area (Å²) in [4.78, 5) is 2.34. The maximum atomic E-state index is 6.04. The first-order valence-electron chi connectivity index (χ1n) is 6.87. The number of hydrogen-bond acceptors (Lipinski definition) is 2. The number of aromatic nitrogens is 1. The molecule has 2 N–H and O–H groups in total. The Labute approximate surface area is 116 Å². The quantitative estimate of drug-likeness (QED) is 0.896. The van der Waals surface area contributed by atoms with Gasteiger partial charge in [0.05, 0.1) is 0 Å². The van der Waals surface area contributed by atoms with Gasteiger partial charge in [-0.25, -0.2) is 0 Å². The Kier molecular flexibility index (Phi) is 3.97. The van der Waals surface area contributed by atoms with E-state index in [0.29, 0.717) is 0 Å². The van der Waals surface area contributed by atoms with Crippen molar-refractivity contribution in [3.63, 3.8) is 0 Å². The van der Waals surface area contributed by atoms with Crippen LogP contribution in [0.2, 0.25) is 0 Å². The number of rotatable bonds is 5. The number of hydrogen-bond donors (Lipinski definition) is 1. The van der Waals surface area contributed by atoms with E-state index in [2.05, 4.69) is 67.9 Å². The molecule has 0 aliphatic rings. The van der Waals surface area contributed by atoms with Gasteiger partial charge in [0.2, 0.25) is 0 Å². The van der Waals surface area contributed by atoms with Gasteiger partial charge >= 0.3 is 0 Å². The SMILES string of the molecule is CN(CCC(C)(C)N)Cc1cn(C)c2ccccc12. The molecule has 0 fully saturated rings. The zero-order valence-corrected chi connectivity index (χ0v) is 12.5. The number of aryl methyl sites for hydroxylation is 1. The van der Waals surface area contributed by atoms with Crippen LogP contribution in [0.15, 0.2) is 30.5 Å². The zero-order chi connectivity index (χ0) is 14.0. The maximum absolute atomic E-state index is 6.04. The molecule has 19 heavy (non-hydrogen) atoms. The molecule has 3 heteroatoms. The molecule has 0 saturated heterocycles. The third-order valence-corrected chi connectivity index (χ3v) is 3.56. The molecule has 2 rings (SSSR count). The minimum Gasteiger partial charge on any atom is -0.350 e. The van der Waals surface area contributed by atoms with E-state index in [-0.39, 0.29) is 5.54 Å². The second-order valence-corrected chi connectivity index (χ2v) is 6.26. The summed E-state index contributed by atoms with van der Waals surface area (Å²) in [5, 5.41) is 1.35. The molecule has 0 atom stereocenters. The highest BCUT2D eigenvalue weighted by molar-refractivity contribution is 5.83. The van der Waals surface area contributed by atoms with Gasteiger partial charge in [0.25, 0.3) is 0 Å². The lowest BCUT2D eigenvalue weighted by atomic mass is 10.0. The van der Waals surface area contributed by atoms with Crippen LogP contribution in [0.25, 0.3) is 10.9 Å². The standard InChI is InChI=1S/C16H25N3/c1-16(2,17)9-10-18(3)11-13-12-19(4)15-8-6-5-7-14(13)15/h5-8,12H,9-11,17H2,1-4H3. The molecule has 1 heterocycles. The van der Waals surface area contributed by atoms with Crippen LogP contribution >= 0.6 is 0 Å². The zero-order valence-electron chi connectivity index (χ0n) is 12.5. The number of benzene rings is 1. The maximum Gasteiger partial charge on any atom is 0.0481 e. The van der Waals surface area contributed by atoms with Crippen molar-refractivity contribution in [1.82, 2.24) is 9.47 Å². The van der Waals surface area contributed by atoms with Gasteiger partial charge in [0.1, 0.15) is 0 Å². The minimum absolute atomic E-state index is 0.0903. The van der Waals surface area contributed by atoms with E-state index in [9.17, 15) is 0 Å². The first-order chi connectivity index (χ1) is 8.87. The first kappa shape index (κ1) is 14.1. The molecule has 0 bridgehead atoms. The monoisotopic (exact) mass is 259 g/mol. The summed E-state index contributed by atoms with van der Waals surface area (Å²) < 4.78 is 2.20. The van der Waals surface area contributed by atoms with Crippen molar-refractivity contribution in [1.29, 1.82) is 0 Å². The van der Waals surface area contributed by atoms with Crippen molar-refractivity contribution in [2.24, 2.45) is 12.8 Å². The van der Waals surface area contributed by atoms with Gasteiger partial charge in [-0.3, -0.25) is 0 Å². The summed E-state index contributed by atoms with van der Waals surface area (Å²) in [6.45, 7) is 6.15. The summed E-state index contributed by atoms with van der Waals surface area (Å²) in [6, 6.07) is 8.56. The minimum atomic E-state index is -0.0903. The highest BCUT2D eigenvalue weighted by Crippen LogP contribution is 2.21. The second-order valence-electron chi connectivity index (χ2n) is 6.26. The van der Waals surface area contributed by atoms with Crippen LogP contribution in [-0.2, 0) is 13.6 Å². The average molecular weight is 259 g/mol. The van der Waals surface area contributed by atoms with E-state index in [0.717, 1.165) is 19.5 Å². The fraction of sp³-hybridized carbons (Fsp3) is 0.500. The Hall–Kier alpha value is -1.32. The van der Waals surface area contributed by atoms with E-state index in [4.69, 9.17) is 5.73 Å². The van der Waals surface area contributed by atoms with Gasteiger partial charge in [-0.05, 0) is 45.5 Å². The number of para-hydroxylation sites is 1. The van der Waals surface area contributed by atoms with Crippen molar-refractivity contribution in [2.75, 3.05) is 13.6 Å². The van der Waals surface area contributed by atoms with Crippen LogP contribution in [-0.4, -0.2) is 28.6 Å². The predicted octanol–water partition coefficient (Wildman–Crippen LogP) is 2.74. The van der Waals surface area contributed by atoms with Crippen LogP contribution in [0, 0.1) is 0 Å². The highest BCUT2D eigenvalue weighted by atomic mass is 15.1. The molecule has 0 saturated carbocycles. The van der Waals surface area contributed by atoms with Crippen molar-refractivity contribution < 1.29 is 0 Å². The predicted molar refractivity (Wildman–Crippen MR) is 82.1 cm³/mol. The Bertz CT molecular complexity index is 549. The molecule has 3 nitrogen and oxygen atoms in total. The van der Waals surface area contributed by atoms with Crippen LogP contribution in [0.4, 0.5) is 0 Å². The second kappa shape index (κ2) is 5.35. The Morgan fingerprint density at radius 1 is 1.26 bits per heavy atom. The average Bonchev–Trinajstić information content (AvgIpc) is 2.64. The van der Waals surface area contributed by atoms with Crippen LogP contribution in [0.3, 0.4) is 0 Å². The summed E-state index contributed by atoms with van der Waals surface area (Å²) in [6.07, 6.45) is 3.24. The van der Waals surface area contributed by atoms with Crippen molar-refractivity contribution in [2.45, 2.75) is 32.4 Å². The molecule has 2 aromatic rings. The van der Waals surface area contributed by atoms with Gasteiger partial charge in [0.15, 0.2) is 0 Å². The van der Waals surface area contributed by atoms with Crippen molar-refractivity contribution >= 4 is 10.9 Å². The van der Waals surface area contributed by atoms with Crippen molar-refractivity contribution in [3.8, 4) is 0 Å². The topological polar surface area (TPSA) is 34.2 Å². The Morgan fingerprint density at radius 2 is 1.95 bits per heavy atom. The fourth-order valence-electron chi connectivity index (χ4n) is 2.40. The molecular formula is C16H25N3. The largest absolute Gasteiger partial charge is 0.350 e. The lowest BCUT2D eigenvalue weighted by Crippen LogP contribution is -2.36.